The van der Waals surface area contributed by atoms with Crippen molar-refractivity contribution in [2.24, 2.45) is 11.5 Å². The smallest absolute Gasteiger partial charge is 0.126 e. The largest absolute Gasteiger partial charge is 0.496 e. The zero-order valence-electron chi connectivity index (χ0n) is 9.87. The van der Waals surface area contributed by atoms with E-state index in [0.29, 0.717) is 0 Å². The molecule has 0 aromatic heterocycles. The van der Waals surface area contributed by atoms with Gasteiger partial charge in [-0.05, 0) is 26.3 Å². The number of rotatable bonds is 3. The summed E-state index contributed by atoms with van der Waals surface area (Å²) in [7, 11) is 1.66. The molecule has 0 heterocycles. The predicted octanol–water partition coefficient (Wildman–Crippen LogP) is 1.66. The lowest BCUT2D eigenvalue weighted by Crippen LogP contribution is -2.31. The minimum Gasteiger partial charge on any atom is -0.496 e. The highest BCUT2D eigenvalue weighted by Crippen LogP contribution is 2.30. The van der Waals surface area contributed by atoms with E-state index in [2.05, 4.69) is 6.07 Å². The lowest BCUT2D eigenvalue weighted by Gasteiger charge is -2.21. The molecule has 0 spiro atoms. The molecule has 2 atom stereocenters. The minimum absolute atomic E-state index is 0.0832. The molecule has 0 saturated carbocycles. The Morgan fingerprint density at radius 3 is 2.27 bits per heavy atom. The van der Waals surface area contributed by atoms with E-state index >= 15 is 0 Å². The summed E-state index contributed by atoms with van der Waals surface area (Å²) in [5.74, 6) is 0.852. The van der Waals surface area contributed by atoms with E-state index < -0.39 is 0 Å². The van der Waals surface area contributed by atoms with Crippen molar-refractivity contribution >= 4 is 0 Å². The van der Waals surface area contributed by atoms with E-state index in [-0.39, 0.29) is 12.1 Å². The first-order valence-corrected chi connectivity index (χ1v) is 5.13. The zero-order valence-corrected chi connectivity index (χ0v) is 9.87. The second-order valence-corrected chi connectivity index (χ2v) is 4.09. The van der Waals surface area contributed by atoms with Gasteiger partial charge in [0.1, 0.15) is 5.75 Å². The van der Waals surface area contributed by atoms with Crippen LogP contribution in [0.2, 0.25) is 0 Å². The fourth-order valence-corrected chi connectivity index (χ4v) is 1.80. The van der Waals surface area contributed by atoms with Crippen LogP contribution in [-0.2, 0) is 0 Å². The SMILES string of the molecule is COc1c(C)cc(C)cc1C(N)C(C)N. The molecule has 3 nitrogen and oxygen atoms in total. The Labute approximate surface area is 91.4 Å². The van der Waals surface area contributed by atoms with Crippen LogP contribution in [0.1, 0.15) is 29.7 Å². The van der Waals surface area contributed by atoms with E-state index in [9.17, 15) is 0 Å². The van der Waals surface area contributed by atoms with Gasteiger partial charge in [0.05, 0.1) is 7.11 Å². The zero-order chi connectivity index (χ0) is 11.6. The molecule has 1 aromatic carbocycles. The van der Waals surface area contributed by atoms with E-state index in [1.807, 2.05) is 26.8 Å². The summed E-state index contributed by atoms with van der Waals surface area (Å²) < 4.78 is 5.37. The Kier molecular flexibility index (Phi) is 3.72. The van der Waals surface area contributed by atoms with Crippen LogP contribution in [0.3, 0.4) is 0 Å². The van der Waals surface area contributed by atoms with Gasteiger partial charge in [-0.15, -0.1) is 0 Å². The summed E-state index contributed by atoms with van der Waals surface area (Å²) in [6.07, 6.45) is 0. The molecule has 2 unspecified atom stereocenters. The highest BCUT2D eigenvalue weighted by atomic mass is 16.5. The molecule has 0 aliphatic carbocycles. The second kappa shape index (κ2) is 4.64. The molecule has 0 aliphatic rings. The Hall–Kier alpha value is -1.06. The van der Waals surface area contributed by atoms with Crippen LogP contribution in [0.25, 0.3) is 0 Å². The van der Waals surface area contributed by atoms with Crippen molar-refractivity contribution in [2.75, 3.05) is 7.11 Å². The van der Waals surface area contributed by atoms with Gasteiger partial charge in [0.2, 0.25) is 0 Å². The quantitative estimate of drug-likeness (QED) is 0.794. The topological polar surface area (TPSA) is 61.3 Å². The number of nitrogens with two attached hydrogens (primary N) is 2. The number of methoxy groups -OCH3 is 1. The summed E-state index contributed by atoms with van der Waals surface area (Å²) in [5.41, 5.74) is 15.1. The molecular formula is C12H20N2O. The molecule has 3 heteroatoms. The number of hydrogen-bond acceptors (Lipinski definition) is 3. The lowest BCUT2D eigenvalue weighted by molar-refractivity contribution is 0.399. The van der Waals surface area contributed by atoms with Gasteiger partial charge in [-0.25, -0.2) is 0 Å². The van der Waals surface area contributed by atoms with Gasteiger partial charge < -0.3 is 16.2 Å². The van der Waals surface area contributed by atoms with E-state index in [4.69, 9.17) is 16.2 Å². The molecular weight excluding hydrogens is 188 g/mol. The first-order valence-electron chi connectivity index (χ1n) is 5.13. The maximum Gasteiger partial charge on any atom is 0.126 e. The standard InChI is InChI=1S/C12H20N2O/c1-7-5-8(2)12(15-4)10(6-7)11(14)9(3)13/h5-6,9,11H,13-14H2,1-4H3. The summed E-state index contributed by atoms with van der Waals surface area (Å²) in [6, 6.07) is 3.86. The van der Waals surface area contributed by atoms with Crippen molar-refractivity contribution in [2.45, 2.75) is 32.9 Å². The van der Waals surface area contributed by atoms with Crippen molar-refractivity contribution in [3.05, 3.63) is 28.8 Å². The fourth-order valence-electron chi connectivity index (χ4n) is 1.80. The highest BCUT2D eigenvalue weighted by Gasteiger charge is 2.17. The first kappa shape index (κ1) is 12.0. The second-order valence-electron chi connectivity index (χ2n) is 4.09. The highest BCUT2D eigenvalue weighted by molar-refractivity contribution is 5.45. The lowest BCUT2D eigenvalue weighted by atomic mass is 9.96. The average molecular weight is 208 g/mol. The van der Waals surface area contributed by atoms with Gasteiger partial charge in [0.15, 0.2) is 0 Å². The van der Waals surface area contributed by atoms with Crippen molar-refractivity contribution < 1.29 is 4.74 Å². The molecule has 0 saturated heterocycles. The van der Waals surface area contributed by atoms with Crippen LogP contribution in [-0.4, -0.2) is 13.2 Å². The third kappa shape index (κ3) is 2.49. The van der Waals surface area contributed by atoms with E-state index in [1.165, 1.54) is 5.56 Å². The Morgan fingerprint density at radius 1 is 1.20 bits per heavy atom. The van der Waals surface area contributed by atoms with Crippen LogP contribution in [0.4, 0.5) is 0 Å². The van der Waals surface area contributed by atoms with Gasteiger partial charge in [-0.3, -0.25) is 0 Å². The molecule has 1 rings (SSSR count). The molecule has 0 radical (unpaired) electrons. The number of benzene rings is 1. The summed E-state index contributed by atoms with van der Waals surface area (Å²) >= 11 is 0. The van der Waals surface area contributed by atoms with Crippen molar-refractivity contribution in [3.8, 4) is 5.75 Å². The molecule has 4 N–H and O–H groups in total. The normalized spacial score (nSPS) is 14.8. The maximum absolute atomic E-state index is 6.05. The van der Waals surface area contributed by atoms with Crippen LogP contribution in [0.15, 0.2) is 12.1 Å². The van der Waals surface area contributed by atoms with Crippen LogP contribution >= 0.6 is 0 Å². The van der Waals surface area contributed by atoms with E-state index in [1.54, 1.807) is 7.11 Å². The third-order valence-electron chi connectivity index (χ3n) is 2.58. The van der Waals surface area contributed by atoms with Gasteiger partial charge in [-0.2, -0.15) is 0 Å². The summed E-state index contributed by atoms with van der Waals surface area (Å²) in [4.78, 5) is 0. The maximum atomic E-state index is 6.05. The fraction of sp³-hybridized carbons (Fsp3) is 0.500. The predicted molar refractivity (Wildman–Crippen MR) is 63.0 cm³/mol. The van der Waals surface area contributed by atoms with Crippen molar-refractivity contribution in [1.29, 1.82) is 0 Å². The number of aryl methyl sites for hydroxylation is 2. The van der Waals surface area contributed by atoms with Gasteiger partial charge in [-0.1, -0.05) is 17.7 Å². The van der Waals surface area contributed by atoms with Crippen molar-refractivity contribution in [1.82, 2.24) is 0 Å². The minimum atomic E-state index is -0.182. The van der Waals surface area contributed by atoms with Crippen LogP contribution < -0.4 is 16.2 Å². The monoisotopic (exact) mass is 208 g/mol. The molecule has 0 aliphatic heterocycles. The summed E-state index contributed by atoms with van der Waals surface area (Å²) in [5, 5.41) is 0. The summed E-state index contributed by atoms with van der Waals surface area (Å²) in [6.45, 7) is 5.97. The van der Waals surface area contributed by atoms with Crippen LogP contribution in [0, 0.1) is 13.8 Å². The van der Waals surface area contributed by atoms with Gasteiger partial charge in [0.25, 0.3) is 0 Å². The van der Waals surface area contributed by atoms with Crippen molar-refractivity contribution in [3.63, 3.8) is 0 Å². The van der Waals surface area contributed by atoms with E-state index in [0.717, 1.165) is 16.9 Å². The average Bonchev–Trinajstić information content (AvgIpc) is 2.15. The molecule has 0 amide bonds. The third-order valence-corrected chi connectivity index (χ3v) is 2.58. The Bertz CT molecular complexity index is 348. The molecule has 0 bridgehead atoms. The number of ether oxygens (including phenoxy) is 1. The van der Waals surface area contributed by atoms with Crippen LogP contribution in [0.5, 0.6) is 5.75 Å². The Balaban J connectivity index is 3.26. The molecule has 15 heavy (non-hydrogen) atoms. The first-order chi connectivity index (χ1) is 6.97. The molecule has 1 aromatic rings. The molecule has 84 valence electrons. The van der Waals surface area contributed by atoms with Gasteiger partial charge in [0, 0.05) is 17.6 Å². The van der Waals surface area contributed by atoms with Gasteiger partial charge >= 0.3 is 0 Å². The molecule has 0 fully saturated rings. The number of hydrogen-bond donors (Lipinski definition) is 2. The Morgan fingerprint density at radius 2 is 1.80 bits per heavy atom.